The van der Waals surface area contributed by atoms with Gasteiger partial charge in [-0.05, 0) is 0 Å². The Morgan fingerprint density at radius 2 is 1.67 bits per heavy atom. The van der Waals surface area contributed by atoms with Gasteiger partial charge in [0.1, 0.15) is 13.4 Å². The molecule has 11 heteroatoms. The minimum Gasteiger partial charge on any atom is -0.460 e. The van der Waals surface area contributed by atoms with Gasteiger partial charge in [-0.15, -0.1) is 0 Å². The molecule has 1 aliphatic carbocycles. The van der Waals surface area contributed by atoms with Crippen molar-refractivity contribution in [3.63, 3.8) is 0 Å². The molecule has 1 nitrogen and oxygen atoms in total. The Bertz CT molecular complexity index is 273. The summed E-state index contributed by atoms with van der Waals surface area (Å²) in [6, 6.07) is 0. The van der Waals surface area contributed by atoms with Crippen molar-refractivity contribution >= 4 is 72.2 Å². The Hall–Kier alpha value is 0.609. The molecule has 1 saturated carbocycles. The second kappa shape index (κ2) is 8.02. The Morgan fingerprint density at radius 1 is 1.11 bits per heavy atom. The van der Waals surface area contributed by atoms with Gasteiger partial charge in [0.15, 0.2) is 0 Å². The van der Waals surface area contributed by atoms with E-state index in [1.54, 1.807) is 4.63 Å². The molecule has 18 heavy (non-hydrogen) atoms. The van der Waals surface area contributed by atoms with Crippen LogP contribution in [0.5, 0.6) is 0 Å². The van der Waals surface area contributed by atoms with E-state index in [9.17, 15) is 0 Å². The molecule has 0 bridgehead atoms. The fraction of sp³-hybridized carbons (Fsp3) is 1.00. The first-order valence-corrected chi connectivity index (χ1v) is 6.68. The lowest BCUT2D eigenvalue weighted by atomic mass is 8.91. The predicted octanol–water partition coefficient (Wildman–Crippen LogP) is -1.25. The molecule has 0 aromatic heterocycles. The lowest BCUT2D eigenvalue weighted by molar-refractivity contribution is 0.502. The van der Waals surface area contributed by atoms with Crippen molar-refractivity contribution in [3.05, 3.63) is 0 Å². The van der Waals surface area contributed by atoms with Gasteiger partial charge < -0.3 is 4.63 Å². The quantitative estimate of drug-likeness (QED) is 0.506. The first-order valence-electron chi connectivity index (χ1n) is 7.18. The molecule has 0 aromatic carbocycles. The average molecular weight is 221 g/mol. The van der Waals surface area contributed by atoms with E-state index < -0.39 is 25.4 Å². The van der Waals surface area contributed by atoms with Crippen molar-refractivity contribution in [3.8, 4) is 0 Å². The minimum absolute atomic E-state index is 0.251. The van der Waals surface area contributed by atoms with E-state index in [0.717, 1.165) is 25.7 Å². The number of nitrogens with zero attached hydrogens (tertiary/aromatic N) is 1. The summed E-state index contributed by atoms with van der Waals surface area (Å²) in [5.41, 5.74) is 0. The van der Waals surface area contributed by atoms with Crippen molar-refractivity contribution in [1.29, 1.82) is 0 Å². The Labute approximate surface area is 123 Å². The molecular weight excluding hydrogens is 206 g/mol. The van der Waals surface area contributed by atoms with E-state index in [4.69, 9.17) is 40.1 Å². The van der Waals surface area contributed by atoms with Crippen LogP contribution in [0.25, 0.3) is 0 Å². The molecule has 0 heterocycles. The molecule has 0 spiro atoms. The molecule has 0 atom stereocenters. The number of rotatable bonds is 6. The Kier molecular flexibility index (Phi) is 6.69. The third-order valence-corrected chi connectivity index (χ3v) is 3.62. The topological polar surface area (TPSA) is 3.24 Å². The Balaban J connectivity index is 2.68. The maximum atomic E-state index is 8.43. The van der Waals surface area contributed by atoms with Gasteiger partial charge in [0.2, 0.25) is 0 Å². The van der Waals surface area contributed by atoms with E-state index in [0.29, 0.717) is 0 Å². The van der Waals surface area contributed by atoms with Crippen LogP contribution >= 0.6 is 0 Å². The molecule has 0 aromatic rings. The van der Waals surface area contributed by atoms with Crippen LogP contribution in [0.1, 0.15) is 33.5 Å². The summed E-state index contributed by atoms with van der Waals surface area (Å²) in [7, 11) is 30.9. The highest BCUT2D eigenvalue weighted by Crippen LogP contribution is 2.28. The van der Waals surface area contributed by atoms with Crippen LogP contribution in [0.4, 0.5) is 0 Å². The van der Waals surface area contributed by atoms with Gasteiger partial charge in [0, 0.05) is 46.4 Å². The average Bonchev–Trinajstić information content (AvgIpc) is 2.28. The van der Waals surface area contributed by atoms with Crippen LogP contribution in [-0.4, -0.2) is 76.9 Å². The Morgan fingerprint density at radius 3 is 2.11 bits per heavy atom. The standard InChI is InChI=1S/C7H14B10N/c1-14(15(8)9)18(16(10)11)17(12)13-7-5-3-2-4-6-7/h7H,2-6H2,1H3/i7D. The van der Waals surface area contributed by atoms with E-state index in [1.165, 1.54) is 6.42 Å². The van der Waals surface area contributed by atoms with Gasteiger partial charge in [-0.25, -0.2) is 0 Å². The van der Waals surface area contributed by atoms with E-state index >= 15 is 0 Å². The SMILES string of the molecule is [2H]C1([B]B([B])N(B([B])[B])B(C)B([B])[B])CCCCC1. The van der Waals surface area contributed by atoms with Crippen LogP contribution in [0.3, 0.4) is 0 Å². The molecule has 11 radical (unpaired) electrons. The maximum Gasteiger partial charge on any atom is 0.140 e. The summed E-state index contributed by atoms with van der Waals surface area (Å²) >= 11 is 0. The molecule has 1 rings (SSSR count). The lowest BCUT2D eigenvalue weighted by Gasteiger charge is -2.40. The van der Waals surface area contributed by atoms with Crippen LogP contribution in [0.15, 0.2) is 0 Å². The smallest absolute Gasteiger partial charge is 0.140 e. The molecule has 0 N–H and O–H groups in total. The van der Waals surface area contributed by atoms with Gasteiger partial charge in [-0.2, -0.15) is 0 Å². The van der Waals surface area contributed by atoms with Crippen molar-refractivity contribution in [2.45, 2.75) is 44.7 Å². The second-order valence-corrected chi connectivity index (χ2v) is 5.13. The van der Waals surface area contributed by atoms with Crippen molar-refractivity contribution in [2.24, 2.45) is 0 Å². The second-order valence-electron chi connectivity index (χ2n) is 5.13. The lowest BCUT2D eigenvalue weighted by Crippen LogP contribution is -2.65. The molecule has 0 aliphatic heterocycles. The first kappa shape index (κ1) is 15.0. The summed E-state index contributed by atoms with van der Waals surface area (Å²) in [4.78, 5) is 0. The normalized spacial score (nSPS) is 18.9. The molecule has 0 unspecified atom stereocenters. The minimum atomic E-state index is -0.747. The summed E-state index contributed by atoms with van der Waals surface area (Å²) in [5, 5.41) is 0. The highest BCUT2D eigenvalue weighted by molar-refractivity contribution is 7.61. The molecule has 77 valence electrons. The van der Waals surface area contributed by atoms with Gasteiger partial charge in [-0.1, -0.05) is 44.7 Å². The highest BCUT2D eigenvalue weighted by atomic mass is 14.9. The van der Waals surface area contributed by atoms with E-state index in [-0.39, 0.29) is 6.74 Å². The fourth-order valence-electron chi connectivity index (χ4n) is 2.44. The zero-order valence-electron chi connectivity index (χ0n) is 12.3. The van der Waals surface area contributed by atoms with Gasteiger partial charge in [0.05, 0.1) is 13.8 Å². The monoisotopic (exact) mass is 223 g/mol. The molecule has 0 amide bonds. The third-order valence-electron chi connectivity index (χ3n) is 3.62. The highest BCUT2D eigenvalue weighted by Gasteiger charge is 2.30. The van der Waals surface area contributed by atoms with E-state index in [2.05, 4.69) is 0 Å². The van der Waals surface area contributed by atoms with Crippen LogP contribution < -0.4 is 0 Å². The fourth-order valence-corrected chi connectivity index (χ4v) is 2.44. The summed E-state index contributed by atoms with van der Waals surface area (Å²) in [5.74, 6) is -0.594. The molecular formula is C7H14B10N. The van der Waals surface area contributed by atoms with Gasteiger partial charge in [0.25, 0.3) is 0 Å². The van der Waals surface area contributed by atoms with Crippen LogP contribution in [0, 0.1) is 0 Å². The summed E-state index contributed by atoms with van der Waals surface area (Å²) in [6.07, 6.45) is 4.39. The van der Waals surface area contributed by atoms with Crippen molar-refractivity contribution in [1.82, 2.24) is 4.63 Å². The summed E-state index contributed by atoms with van der Waals surface area (Å²) in [6.45, 7) is 0.324. The third kappa shape index (κ3) is 4.94. The number of hydrogen-bond donors (Lipinski definition) is 0. The van der Waals surface area contributed by atoms with Gasteiger partial charge in [-0.3, -0.25) is 0 Å². The van der Waals surface area contributed by atoms with Gasteiger partial charge >= 0.3 is 0 Å². The zero-order chi connectivity index (χ0) is 14.6. The van der Waals surface area contributed by atoms with E-state index in [1.807, 2.05) is 14.0 Å². The predicted molar refractivity (Wildman–Crippen MR) is 92.1 cm³/mol. The zero-order valence-corrected chi connectivity index (χ0v) is 11.3. The van der Waals surface area contributed by atoms with Crippen LogP contribution in [0.2, 0.25) is 12.6 Å². The van der Waals surface area contributed by atoms with Crippen molar-refractivity contribution < 1.29 is 1.37 Å². The molecule has 1 aliphatic rings. The first-order chi connectivity index (χ1) is 8.77. The molecule has 1 fully saturated rings. The molecule has 0 saturated heterocycles. The summed E-state index contributed by atoms with van der Waals surface area (Å²) < 4.78 is 10.1. The largest absolute Gasteiger partial charge is 0.460 e. The number of hydrogen-bond acceptors (Lipinski definition) is 1. The maximum absolute atomic E-state index is 8.43. The van der Waals surface area contributed by atoms with Crippen molar-refractivity contribution in [2.75, 3.05) is 0 Å². The van der Waals surface area contributed by atoms with Crippen LogP contribution in [-0.2, 0) is 0 Å².